The van der Waals surface area contributed by atoms with Gasteiger partial charge in [-0.2, -0.15) is 5.10 Å². The smallest absolute Gasteiger partial charge is 0.127 e. The molecular formula is C15H16ClFN4. The second-order valence-electron chi connectivity index (χ2n) is 4.99. The summed E-state index contributed by atoms with van der Waals surface area (Å²) < 4.78 is 17.3. The molecule has 0 radical (unpaired) electrons. The Bertz CT molecular complexity index is 734. The van der Waals surface area contributed by atoms with Crippen molar-refractivity contribution in [1.82, 2.24) is 19.3 Å². The van der Waals surface area contributed by atoms with E-state index in [9.17, 15) is 4.39 Å². The molecule has 0 saturated heterocycles. The number of hydrogen-bond donors (Lipinski definition) is 0. The normalized spacial score (nSPS) is 12.9. The second-order valence-corrected chi connectivity index (χ2v) is 5.65. The van der Waals surface area contributed by atoms with Crippen molar-refractivity contribution in [3.8, 4) is 0 Å². The molecule has 21 heavy (non-hydrogen) atoms. The highest BCUT2D eigenvalue weighted by atomic mass is 35.5. The maximum absolute atomic E-state index is 13.3. The van der Waals surface area contributed by atoms with Gasteiger partial charge in [0.1, 0.15) is 11.6 Å². The molecule has 6 heteroatoms. The summed E-state index contributed by atoms with van der Waals surface area (Å²) in [5.74, 6) is 0.496. The molecule has 3 aromatic rings. The van der Waals surface area contributed by atoms with E-state index < -0.39 is 0 Å². The standard InChI is InChI=1S/C15H16ClFN4/c1-11(16)15-19-13-10-12(17)4-5-14(13)21(15)9-3-8-20-7-2-6-18-20/h2,4-7,10-11H,3,8-9H2,1H3. The summed E-state index contributed by atoms with van der Waals surface area (Å²) in [4.78, 5) is 4.46. The highest BCUT2D eigenvalue weighted by Gasteiger charge is 2.15. The van der Waals surface area contributed by atoms with Crippen molar-refractivity contribution in [3.63, 3.8) is 0 Å². The van der Waals surface area contributed by atoms with Gasteiger partial charge in [-0.25, -0.2) is 9.37 Å². The highest BCUT2D eigenvalue weighted by molar-refractivity contribution is 6.20. The summed E-state index contributed by atoms with van der Waals surface area (Å²) in [6.45, 7) is 3.47. The number of benzene rings is 1. The van der Waals surface area contributed by atoms with Crippen molar-refractivity contribution in [2.75, 3.05) is 0 Å². The summed E-state index contributed by atoms with van der Waals surface area (Å²) >= 11 is 6.20. The van der Waals surface area contributed by atoms with Crippen LogP contribution in [0.4, 0.5) is 4.39 Å². The Labute approximate surface area is 127 Å². The van der Waals surface area contributed by atoms with Crippen LogP contribution in [0.1, 0.15) is 24.5 Å². The number of halogens is 2. The first kappa shape index (κ1) is 14.1. The molecule has 3 rings (SSSR count). The van der Waals surface area contributed by atoms with E-state index in [4.69, 9.17) is 11.6 Å². The van der Waals surface area contributed by atoms with E-state index in [2.05, 4.69) is 14.6 Å². The molecule has 0 saturated carbocycles. The molecular weight excluding hydrogens is 291 g/mol. The maximum atomic E-state index is 13.3. The van der Waals surface area contributed by atoms with Crippen LogP contribution in [0.5, 0.6) is 0 Å². The molecule has 0 aliphatic heterocycles. The van der Waals surface area contributed by atoms with Gasteiger partial charge in [-0.1, -0.05) is 0 Å². The zero-order chi connectivity index (χ0) is 14.8. The average molecular weight is 307 g/mol. The Balaban J connectivity index is 1.86. The first-order valence-corrected chi connectivity index (χ1v) is 7.36. The number of nitrogens with zero attached hydrogens (tertiary/aromatic N) is 4. The molecule has 1 unspecified atom stereocenters. The Morgan fingerprint density at radius 2 is 2.19 bits per heavy atom. The first-order valence-electron chi connectivity index (χ1n) is 6.92. The Morgan fingerprint density at radius 3 is 2.90 bits per heavy atom. The predicted octanol–water partition coefficient (Wildman–Crippen LogP) is 3.76. The molecule has 0 fully saturated rings. The van der Waals surface area contributed by atoms with Crippen LogP contribution < -0.4 is 0 Å². The summed E-state index contributed by atoms with van der Waals surface area (Å²) in [7, 11) is 0. The molecule has 0 aliphatic carbocycles. The lowest BCUT2D eigenvalue weighted by molar-refractivity contribution is 0.523. The first-order chi connectivity index (χ1) is 10.1. The zero-order valence-corrected chi connectivity index (χ0v) is 12.5. The maximum Gasteiger partial charge on any atom is 0.127 e. The van der Waals surface area contributed by atoms with Gasteiger partial charge in [0.15, 0.2) is 0 Å². The molecule has 2 heterocycles. The molecule has 0 N–H and O–H groups in total. The number of aromatic nitrogens is 4. The second kappa shape index (κ2) is 5.85. The van der Waals surface area contributed by atoms with Gasteiger partial charge in [-0.05, 0) is 31.5 Å². The van der Waals surface area contributed by atoms with Crippen LogP contribution in [-0.4, -0.2) is 19.3 Å². The summed E-state index contributed by atoms with van der Waals surface area (Å²) in [6.07, 6.45) is 4.61. The fourth-order valence-electron chi connectivity index (χ4n) is 2.48. The molecule has 4 nitrogen and oxygen atoms in total. The minimum Gasteiger partial charge on any atom is -0.327 e. The number of aryl methyl sites for hydroxylation is 2. The van der Waals surface area contributed by atoms with E-state index in [0.717, 1.165) is 30.9 Å². The number of rotatable bonds is 5. The van der Waals surface area contributed by atoms with Crippen molar-refractivity contribution in [2.45, 2.75) is 31.8 Å². The number of imidazole rings is 1. The molecule has 0 amide bonds. The van der Waals surface area contributed by atoms with Gasteiger partial charge in [-0.3, -0.25) is 4.68 Å². The lowest BCUT2D eigenvalue weighted by Gasteiger charge is -2.10. The Morgan fingerprint density at radius 1 is 1.33 bits per heavy atom. The molecule has 110 valence electrons. The van der Waals surface area contributed by atoms with E-state index in [-0.39, 0.29) is 11.2 Å². The number of hydrogen-bond acceptors (Lipinski definition) is 2. The average Bonchev–Trinajstić information content (AvgIpc) is 3.06. The molecule has 1 aromatic carbocycles. The third-order valence-corrected chi connectivity index (χ3v) is 3.62. The third kappa shape index (κ3) is 2.93. The molecule has 0 bridgehead atoms. The van der Waals surface area contributed by atoms with E-state index >= 15 is 0 Å². The molecule has 1 atom stereocenters. The third-order valence-electron chi connectivity index (χ3n) is 3.42. The zero-order valence-electron chi connectivity index (χ0n) is 11.7. The highest BCUT2D eigenvalue weighted by Crippen LogP contribution is 2.25. The van der Waals surface area contributed by atoms with Crippen molar-refractivity contribution in [1.29, 1.82) is 0 Å². The van der Waals surface area contributed by atoms with Crippen LogP contribution in [0, 0.1) is 5.82 Å². The fraction of sp³-hybridized carbons (Fsp3) is 0.333. The van der Waals surface area contributed by atoms with Crippen molar-refractivity contribution in [2.24, 2.45) is 0 Å². The van der Waals surface area contributed by atoms with Gasteiger partial charge in [0.05, 0.1) is 16.4 Å². The van der Waals surface area contributed by atoms with E-state index in [0.29, 0.717) is 5.52 Å². The summed E-state index contributed by atoms with van der Waals surface area (Å²) in [6, 6.07) is 6.56. The quantitative estimate of drug-likeness (QED) is 0.673. The monoisotopic (exact) mass is 306 g/mol. The van der Waals surface area contributed by atoms with Crippen molar-refractivity contribution >= 4 is 22.6 Å². The lowest BCUT2D eigenvalue weighted by atomic mass is 10.3. The van der Waals surface area contributed by atoms with Gasteiger partial charge in [0.25, 0.3) is 0 Å². The van der Waals surface area contributed by atoms with E-state index in [1.54, 1.807) is 12.3 Å². The fourth-order valence-corrected chi connectivity index (χ4v) is 2.65. The van der Waals surface area contributed by atoms with Gasteiger partial charge in [-0.15, -0.1) is 11.6 Å². The van der Waals surface area contributed by atoms with Crippen molar-refractivity contribution < 1.29 is 4.39 Å². The van der Waals surface area contributed by atoms with Crippen LogP contribution in [0.15, 0.2) is 36.7 Å². The number of fused-ring (bicyclic) bond motifs is 1. The minimum absolute atomic E-state index is 0.217. The Kier molecular flexibility index (Phi) is 3.92. The predicted molar refractivity (Wildman–Crippen MR) is 80.8 cm³/mol. The Hall–Kier alpha value is -1.88. The van der Waals surface area contributed by atoms with Gasteiger partial charge < -0.3 is 4.57 Å². The van der Waals surface area contributed by atoms with Crippen LogP contribution in [0.25, 0.3) is 11.0 Å². The summed E-state index contributed by atoms with van der Waals surface area (Å²) in [5, 5.41) is 3.97. The SMILES string of the molecule is CC(Cl)c1nc2cc(F)ccc2n1CCCn1cccn1. The topological polar surface area (TPSA) is 35.6 Å². The largest absolute Gasteiger partial charge is 0.327 e. The van der Waals surface area contributed by atoms with Crippen LogP contribution >= 0.6 is 11.6 Å². The van der Waals surface area contributed by atoms with Crippen LogP contribution in [-0.2, 0) is 13.1 Å². The van der Waals surface area contributed by atoms with Gasteiger partial charge >= 0.3 is 0 Å². The van der Waals surface area contributed by atoms with Gasteiger partial charge in [0.2, 0.25) is 0 Å². The van der Waals surface area contributed by atoms with Gasteiger partial charge in [0, 0.05) is 31.5 Å². The minimum atomic E-state index is -0.280. The van der Waals surface area contributed by atoms with Crippen LogP contribution in [0.3, 0.4) is 0 Å². The number of alkyl halides is 1. The molecule has 0 aliphatic rings. The summed E-state index contributed by atoms with van der Waals surface area (Å²) in [5.41, 5.74) is 1.57. The molecule has 0 spiro atoms. The van der Waals surface area contributed by atoms with Crippen LogP contribution in [0.2, 0.25) is 0 Å². The van der Waals surface area contributed by atoms with Crippen molar-refractivity contribution in [3.05, 3.63) is 48.3 Å². The van der Waals surface area contributed by atoms with E-state index in [1.165, 1.54) is 12.1 Å². The molecule has 2 aromatic heterocycles. The van der Waals surface area contributed by atoms with E-state index in [1.807, 2.05) is 23.9 Å². The lowest BCUT2D eigenvalue weighted by Crippen LogP contribution is -2.08.